The first-order valence-electron chi connectivity index (χ1n) is 6.29. The quantitative estimate of drug-likeness (QED) is 0.831. The Balaban J connectivity index is 2.14. The molecule has 4 nitrogen and oxygen atoms in total. The zero-order valence-electron chi connectivity index (χ0n) is 10.6. The summed E-state index contributed by atoms with van der Waals surface area (Å²) in [5.74, 6) is 1.16. The van der Waals surface area contributed by atoms with E-state index in [0.29, 0.717) is 17.1 Å². The molecule has 1 aromatic carbocycles. The fourth-order valence-electron chi connectivity index (χ4n) is 2.29. The summed E-state index contributed by atoms with van der Waals surface area (Å²) in [4.78, 5) is 11.0. The van der Waals surface area contributed by atoms with Crippen molar-refractivity contribution < 1.29 is 14.3 Å². The van der Waals surface area contributed by atoms with Crippen molar-refractivity contribution in [2.75, 3.05) is 7.11 Å². The fourth-order valence-corrected chi connectivity index (χ4v) is 2.29. The Bertz CT molecular complexity index is 412. The lowest BCUT2D eigenvalue weighted by molar-refractivity contribution is 0.110. The van der Waals surface area contributed by atoms with Gasteiger partial charge in [0.1, 0.15) is 0 Å². The molecular formula is C14H19NO3. The number of benzene rings is 1. The van der Waals surface area contributed by atoms with Gasteiger partial charge in [0.05, 0.1) is 18.8 Å². The molecule has 0 atom stereocenters. The second kappa shape index (κ2) is 5.87. The smallest absolute Gasteiger partial charge is 0.172 e. The average molecular weight is 249 g/mol. The summed E-state index contributed by atoms with van der Waals surface area (Å²) >= 11 is 0. The third kappa shape index (κ3) is 2.82. The summed E-state index contributed by atoms with van der Waals surface area (Å²) in [6.07, 6.45) is 4.72. The zero-order chi connectivity index (χ0) is 13.0. The molecule has 0 bridgehead atoms. The van der Waals surface area contributed by atoms with Gasteiger partial charge in [0.25, 0.3) is 0 Å². The molecule has 0 aliphatic heterocycles. The van der Waals surface area contributed by atoms with Crippen LogP contribution in [-0.2, 0) is 0 Å². The molecule has 0 spiro atoms. The van der Waals surface area contributed by atoms with Crippen LogP contribution in [0, 0.1) is 0 Å². The van der Waals surface area contributed by atoms with E-state index in [4.69, 9.17) is 15.2 Å². The highest BCUT2D eigenvalue weighted by molar-refractivity contribution is 5.81. The van der Waals surface area contributed by atoms with Crippen LogP contribution >= 0.6 is 0 Å². The van der Waals surface area contributed by atoms with Crippen molar-refractivity contribution in [3.8, 4) is 11.5 Å². The predicted molar refractivity (Wildman–Crippen MR) is 69.2 cm³/mol. The van der Waals surface area contributed by atoms with Gasteiger partial charge in [-0.05, 0) is 37.8 Å². The molecule has 1 aliphatic rings. The van der Waals surface area contributed by atoms with E-state index >= 15 is 0 Å². The first kappa shape index (κ1) is 12.9. The van der Waals surface area contributed by atoms with E-state index in [2.05, 4.69) is 0 Å². The van der Waals surface area contributed by atoms with Gasteiger partial charge in [0, 0.05) is 6.04 Å². The van der Waals surface area contributed by atoms with Gasteiger partial charge in [-0.1, -0.05) is 6.07 Å². The Hall–Kier alpha value is -1.55. The first-order valence-corrected chi connectivity index (χ1v) is 6.29. The Kier molecular flexibility index (Phi) is 4.20. The van der Waals surface area contributed by atoms with Crippen LogP contribution in [0.2, 0.25) is 0 Å². The lowest BCUT2D eigenvalue weighted by Gasteiger charge is -2.27. The first-order chi connectivity index (χ1) is 8.74. The summed E-state index contributed by atoms with van der Waals surface area (Å²) in [6, 6.07) is 5.61. The Morgan fingerprint density at radius 2 is 2.00 bits per heavy atom. The van der Waals surface area contributed by atoms with Crippen LogP contribution < -0.4 is 15.2 Å². The molecule has 1 fully saturated rings. The number of para-hydroxylation sites is 1. The van der Waals surface area contributed by atoms with Crippen molar-refractivity contribution in [2.45, 2.75) is 37.8 Å². The van der Waals surface area contributed by atoms with Crippen LogP contribution in [0.3, 0.4) is 0 Å². The standard InChI is InChI=1S/C14H19NO3/c1-17-13-4-2-3-10(9-16)14(13)18-12-7-5-11(15)6-8-12/h2-4,9,11-12H,5-8,15H2,1H3. The number of aldehydes is 1. The summed E-state index contributed by atoms with van der Waals surface area (Å²) in [6.45, 7) is 0. The summed E-state index contributed by atoms with van der Waals surface area (Å²) < 4.78 is 11.2. The van der Waals surface area contributed by atoms with Crippen molar-refractivity contribution >= 4 is 6.29 Å². The van der Waals surface area contributed by atoms with E-state index in [1.54, 1.807) is 25.3 Å². The molecule has 0 unspecified atom stereocenters. The van der Waals surface area contributed by atoms with Crippen molar-refractivity contribution in [3.63, 3.8) is 0 Å². The molecule has 0 aromatic heterocycles. The largest absolute Gasteiger partial charge is 0.493 e. The minimum absolute atomic E-state index is 0.125. The van der Waals surface area contributed by atoms with Gasteiger partial charge >= 0.3 is 0 Å². The van der Waals surface area contributed by atoms with Crippen LogP contribution in [0.15, 0.2) is 18.2 Å². The number of rotatable bonds is 4. The van der Waals surface area contributed by atoms with Gasteiger partial charge < -0.3 is 15.2 Å². The number of carbonyl (C=O) groups excluding carboxylic acids is 1. The van der Waals surface area contributed by atoms with E-state index in [1.165, 1.54) is 0 Å². The highest BCUT2D eigenvalue weighted by Crippen LogP contribution is 2.33. The molecule has 2 rings (SSSR count). The van der Waals surface area contributed by atoms with Crippen molar-refractivity contribution in [1.29, 1.82) is 0 Å². The van der Waals surface area contributed by atoms with E-state index in [1.807, 2.05) is 0 Å². The van der Waals surface area contributed by atoms with Crippen LogP contribution in [0.5, 0.6) is 11.5 Å². The van der Waals surface area contributed by atoms with Gasteiger partial charge in [-0.15, -0.1) is 0 Å². The number of methoxy groups -OCH3 is 1. The van der Waals surface area contributed by atoms with Gasteiger partial charge in [0.15, 0.2) is 17.8 Å². The molecule has 18 heavy (non-hydrogen) atoms. The zero-order valence-corrected chi connectivity index (χ0v) is 10.6. The second-order valence-corrected chi connectivity index (χ2v) is 4.65. The maximum Gasteiger partial charge on any atom is 0.172 e. The third-order valence-electron chi connectivity index (χ3n) is 3.36. The highest BCUT2D eigenvalue weighted by Gasteiger charge is 2.22. The highest BCUT2D eigenvalue weighted by atomic mass is 16.5. The molecule has 4 heteroatoms. The van der Waals surface area contributed by atoms with Crippen LogP contribution in [-0.4, -0.2) is 25.5 Å². The minimum atomic E-state index is 0.125. The van der Waals surface area contributed by atoms with Crippen molar-refractivity contribution in [1.82, 2.24) is 0 Å². The summed E-state index contributed by atoms with van der Waals surface area (Å²) in [5, 5.41) is 0. The maximum atomic E-state index is 11.0. The van der Waals surface area contributed by atoms with E-state index in [9.17, 15) is 4.79 Å². The monoisotopic (exact) mass is 249 g/mol. The maximum absolute atomic E-state index is 11.0. The van der Waals surface area contributed by atoms with E-state index in [-0.39, 0.29) is 12.1 Å². The van der Waals surface area contributed by atoms with Gasteiger partial charge in [-0.3, -0.25) is 4.79 Å². The Morgan fingerprint density at radius 1 is 1.28 bits per heavy atom. The third-order valence-corrected chi connectivity index (χ3v) is 3.36. The average Bonchev–Trinajstić information content (AvgIpc) is 2.41. The van der Waals surface area contributed by atoms with Gasteiger partial charge in [-0.2, -0.15) is 0 Å². The molecule has 98 valence electrons. The fraction of sp³-hybridized carbons (Fsp3) is 0.500. The number of ether oxygens (including phenoxy) is 2. The summed E-state index contributed by atoms with van der Waals surface area (Å²) in [7, 11) is 1.58. The molecule has 1 aromatic rings. The molecule has 0 radical (unpaired) electrons. The molecule has 0 heterocycles. The van der Waals surface area contributed by atoms with E-state index in [0.717, 1.165) is 32.0 Å². The predicted octanol–water partition coefficient (Wildman–Crippen LogP) is 2.16. The number of hydrogen-bond donors (Lipinski definition) is 1. The van der Waals surface area contributed by atoms with Crippen LogP contribution in [0.1, 0.15) is 36.0 Å². The van der Waals surface area contributed by atoms with Crippen molar-refractivity contribution in [3.05, 3.63) is 23.8 Å². The van der Waals surface area contributed by atoms with Crippen molar-refractivity contribution in [2.24, 2.45) is 5.73 Å². The normalized spacial score (nSPS) is 23.4. The lowest BCUT2D eigenvalue weighted by Crippen LogP contribution is -2.31. The second-order valence-electron chi connectivity index (χ2n) is 4.65. The Morgan fingerprint density at radius 3 is 2.61 bits per heavy atom. The molecule has 0 amide bonds. The molecule has 1 aliphatic carbocycles. The molecular weight excluding hydrogens is 230 g/mol. The Labute approximate surface area is 107 Å². The number of carbonyl (C=O) groups is 1. The molecule has 1 saturated carbocycles. The lowest BCUT2D eigenvalue weighted by atomic mass is 9.93. The number of nitrogens with two attached hydrogens (primary N) is 1. The summed E-state index contributed by atoms with van der Waals surface area (Å²) in [5.41, 5.74) is 6.40. The van der Waals surface area contributed by atoms with Crippen LogP contribution in [0.4, 0.5) is 0 Å². The van der Waals surface area contributed by atoms with E-state index < -0.39 is 0 Å². The SMILES string of the molecule is COc1cccc(C=O)c1OC1CCC(N)CC1. The van der Waals surface area contributed by atoms with Gasteiger partial charge in [0.2, 0.25) is 0 Å². The van der Waals surface area contributed by atoms with Crippen LogP contribution in [0.25, 0.3) is 0 Å². The molecule has 2 N–H and O–H groups in total. The van der Waals surface area contributed by atoms with Gasteiger partial charge in [-0.25, -0.2) is 0 Å². The number of hydrogen-bond acceptors (Lipinski definition) is 4. The molecule has 0 saturated heterocycles. The minimum Gasteiger partial charge on any atom is -0.493 e. The topological polar surface area (TPSA) is 61.5 Å².